The summed E-state index contributed by atoms with van der Waals surface area (Å²) >= 11 is 0. The second kappa shape index (κ2) is 6.72. The molecule has 0 aromatic heterocycles. The fourth-order valence-corrected chi connectivity index (χ4v) is 2.43. The molecule has 1 fully saturated rings. The van der Waals surface area contributed by atoms with E-state index < -0.39 is 6.10 Å². The van der Waals surface area contributed by atoms with Crippen LogP contribution in [0.15, 0.2) is 30.3 Å². The summed E-state index contributed by atoms with van der Waals surface area (Å²) in [4.78, 5) is 17.5. The Hall–Kier alpha value is -1.59. The first-order valence-corrected chi connectivity index (χ1v) is 6.99. The van der Waals surface area contributed by atoms with Crippen LogP contribution >= 0.6 is 0 Å². The molecule has 1 aliphatic heterocycles. The molecule has 1 aliphatic rings. The van der Waals surface area contributed by atoms with E-state index in [9.17, 15) is 9.90 Å². The van der Waals surface area contributed by atoms with Gasteiger partial charge in [-0.3, -0.25) is 4.90 Å². The molecule has 0 bridgehead atoms. The fourth-order valence-electron chi connectivity index (χ4n) is 2.43. The predicted molar refractivity (Wildman–Crippen MR) is 78.5 cm³/mol. The normalized spacial score (nSPS) is 17.9. The number of hydrogen-bond acceptors (Lipinski definition) is 3. The number of nitrogens with zero attached hydrogens (tertiary/aromatic N) is 3. The number of urea groups is 1. The Balaban J connectivity index is 1.81. The zero-order valence-electron chi connectivity index (χ0n) is 12.2. The Morgan fingerprint density at radius 3 is 2.35 bits per heavy atom. The largest absolute Gasteiger partial charge is 0.387 e. The summed E-state index contributed by atoms with van der Waals surface area (Å²) in [6, 6.07) is 9.76. The van der Waals surface area contributed by atoms with E-state index in [0.29, 0.717) is 6.54 Å². The summed E-state index contributed by atoms with van der Waals surface area (Å²) in [7, 11) is 3.54. The van der Waals surface area contributed by atoms with E-state index in [1.165, 1.54) is 0 Å². The maximum atomic E-state index is 11.8. The van der Waals surface area contributed by atoms with Crippen LogP contribution in [-0.2, 0) is 0 Å². The van der Waals surface area contributed by atoms with E-state index >= 15 is 0 Å². The van der Waals surface area contributed by atoms with Crippen LogP contribution in [-0.4, -0.2) is 72.7 Å². The number of β-amino-alcohol motifs (C(OH)–C–C–N with tert-alkyl or cyclic N) is 1. The summed E-state index contributed by atoms with van der Waals surface area (Å²) in [5, 5.41) is 10.2. The average Bonchev–Trinajstić information content (AvgIpc) is 2.48. The Kier molecular flexibility index (Phi) is 4.98. The summed E-state index contributed by atoms with van der Waals surface area (Å²) in [6.45, 7) is 3.68. The van der Waals surface area contributed by atoms with Gasteiger partial charge in [0, 0.05) is 46.8 Å². The Morgan fingerprint density at radius 1 is 1.20 bits per heavy atom. The second-order valence-electron chi connectivity index (χ2n) is 5.39. The topological polar surface area (TPSA) is 47.0 Å². The number of hydrogen-bond donors (Lipinski definition) is 1. The summed E-state index contributed by atoms with van der Waals surface area (Å²) in [5.41, 5.74) is 0.944. The first-order valence-electron chi connectivity index (χ1n) is 6.99. The van der Waals surface area contributed by atoms with Crippen molar-refractivity contribution in [1.29, 1.82) is 0 Å². The third-order valence-corrected chi connectivity index (χ3v) is 3.64. The van der Waals surface area contributed by atoms with Crippen molar-refractivity contribution in [3.8, 4) is 0 Å². The summed E-state index contributed by atoms with van der Waals surface area (Å²) in [6.07, 6.45) is -0.465. The van der Waals surface area contributed by atoms with Crippen molar-refractivity contribution in [3.05, 3.63) is 35.9 Å². The first-order chi connectivity index (χ1) is 9.58. The lowest BCUT2D eigenvalue weighted by Crippen LogP contribution is -2.52. The maximum absolute atomic E-state index is 11.8. The fraction of sp³-hybridized carbons (Fsp3) is 0.533. The van der Waals surface area contributed by atoms with E-state index in [1.54, 1.807) is 19.0 Å². The molecule has 2 amide bonds. The molecule has 0 saturated carbocycles. The minimum atomic E-state index is -0.465. The molecule has 0 radical (unpaired) electrons. The van der Waals surface area contributed by atoms with E-state index in [4.69, 9.17) is 0 Å². The van der Waals surface area contributed by atoms with Gasteiger partial charge in [-0.25, -0.2) is 4.79 Å². The molecule has 0 aliphatic carbocycles. The van der Waals surface area contributed by atoms with Crippen molar-refractivity contribution in [2.75, 3.05) is 46.8 Å². The zero-order valence-corrected chi connectivity index (χ0v) is 12.2. The van der Waals surface area contributed by atoms with Crippen LogP contribution < -0.4 is 0 Å². The predicted octanol–water partition coefficient (Wildman–Crippen LogP) is 1.02. The maximum Gasteiger partial charge on any atom is 0.319 e. The zero-order chi connectivity index (χ0) is 14.5. The Bertz CT molecular complexity index is 428. The van der Waals surface area contributed by atoms with Gasteiger partial charge in [-0.05, 0) is 5.56 Å². The van der Waals surface area contributed by atoms with Gasteiger partial charge in [0.05, 0.1) is 6.10 Å². The lowest BCUT2D eigenvalue weighted by molar-refractivity contribution is 0.0762. The SMILES string of the molecule is CN(C)C(=O)N1CCN(CC(O)c2ccccc2)CC1. The van der Waals surface area contributed by atoms with Gasteiger partial charge >= 0.3 is 6.03 Å². The molecule has 1 atom stereocenters. The summed E-state index contributed by atoms with van der Waals surface area (Å²) in [5.74, 6) is 0. The van der Waals surface area contributed by atoms with Gasteiger partial charge in [0.2, 0.25) is 0 Å². The molecular weight excluding hydrogens is 254 g/mol. The minimum Gasteiger partial charge on any atom is -0.387 e. The number of carbonyl (C=O) groups excluding carboxylic acids is 1. The summed E-state index contributed by atoms with van der Waals surface area (Å²) < 4.78 is 0. The first kappa shape index (κ1) is 14.8. The highest BCUT2D eigenvalue weighted by molar-refractivity contribution is 5.73. The van der Waals surface area contributed by atoms with Crippen LogP contribution in [0.5, 0.6) is 0 Å². The monoisotopic (exact) mass is 277 g/mol. The van der Waals surface area contributed by atoms with Crippen LogP contribution in [0.4, 0.5) is 4.79 Å². The van der Waals surface area contributed by atoms with Gasteiger partial charge in [-0.2, -0.15) is 0 Å². The number of rotatable bonds is 3. The van der Waals surface area contributed by atoms with Crippen LogP contribution in [0.2, 0.25) is 0 Å². The molecule has 1 aromatic carbocycles. The van der Waals surface area contributed by atoms with Gasteiger partial charge in [-0.1, -0.05) is 30.3 Å². The van der Waals surface area contributed by atoms with Gasteiger partial charge < -0.3 is 14.9 Å². The molecular formula is C15H23N3O2. The molecule has 5 nitrogen and oxygen atoms in total. The molecule has 0 spiro atoms. The van der Waals surface area contributed by atoms with Crippen molar-refractivity contribution in [2.24, 2.45) is 0 Å². The molecule has 2 rings (SSSR count). The molecule has 1 N–H and O–H groups in total. The van der Waals surface area contributed by atoms with E-state index in [-0.39, 0.29) is 6.03 Å². The third kappa shape index (κ3) is 3.71. The standard InChI is InChI=1S/C15H23N3O2/c1-16(2)15(20)18-10-8-17(9-11-18)12-14(19)13-6-4-3-5-7-13/h3-7,14,19H,8-12H2,1-2H3. The number of amides is 2. The number of aliphatic hydroxyl groups is 1. The Morgan fingerprint density at radius 2 is 1.80 bits per heavy atom. The molecule has 20 heavy (non-hydrogen) atoms. The van der Waals surface area contributed by atoms with Crippen LogP contribution in [0.3, 0.4) is 0 Å². The molecule has 110 valence electrons. The highest BCUT2D eigenvalue weighted by Gasteiger charge is 2.23. The minimum absolute atomic E-state index is 0.0632. The third-order valence-electron chi connectivity index (χ3n) is 3.64. The van der Waals surface area contributed by atoms with Crippen molar-refractivity contribution in [3.63, 3.8) is 0 Å². The van der Waals surface area contributed by atoms with Gasteiger partial charge in [0.1, 0.15) is 0 Å². The van der Waals surface area contributed by atoms with Crippen molar-refractivity contribution < 1.29 is 9.90 Å². The molecule has 1 aromatic rings. The molecule has 5 heteroatoms. The smallest absolute Gasteiger partial charge is 0.319 e. The van der Waals surface area contributed by atoms with Gasteiger partial charge in [0.25, 0.3) is 0 Å². The van der Waals surface area contributed by atoms with Gasteiger partial charge in [0.15, 0.2) is 0 Å². The lowest BCUT2D eigenvalue weighted by Gasteiger charge is -2.36. The van der Waals surface area contributed by atoms with E-state index in [0.717, 1.165) is 31.7 Å². The van der Waals surface area contributed by atoms with Crippen molar-refractivity contribution >= 4 is 6.03 Å². The quantitative estimate of drug-likeness (QED) is 0.897. The Labute approximate surface area is 120 Å². The number of carbonyl (C=O) groups is 1. The van der Waals surface area contributed by atoms with Crippen LogP contribution in [0, 0.1) is 0 Å². The van der Waals surface area contributed by atoms with Crippen LogP contribution in [0.25, 0.3) is 0 Å². The molecule has 1 heterocycles. The van der Waals surface area contributed by atoms with Crippen molar-refractivity contribution in [1.82, 2.24) is 14.7 Å². The second-order valence-corrected chi connectivity index (χ2v) is 5.39. The van der Waals surface area contributed by atoms with Gasteiger partial charge in [-0.15, -0.1) is 0 Å². The van der Waals surface area contributed by atoms with Crippen molar-refractivity contribution in [2.45, 2.75) is 6.10 Å². The average molecular weight is 277 g/mol. The van der Waals surface area contributed by atoms with E-state index in [2.05, 4.69) is 4.90 Å². The highest BCUT2D eigenvalue weighted by Crippen LogP contribution is 2.15. The number of benzene rings is 1. The highest BCUT2D eigenvalue weighted by atomic mass is 16.3. The number of aliphatic hydroxyl groups excluding tert-OH is 1. The van der Waals surface area contributed by atoms with Crippen LogP contribution in [0.1, 0.15) is 11.7 Å². The van der Waals surface area contributed by atoms with E-state index in [1.807, 2.05) is 35.2 Å². The molecule has 1 saturated heterocycles. The lowest BCUT2D eigenvalue weighted by atomic mass is 10.1. The molecule has 1 unspecified atom stereocenters. The number of piperazine rings is 1.